The van der Waals surface area contributed by atoms with Gasteiger partial charge in [0.1, 0.15) is 5.75 Å². The summed E-state index contributed by atoms with van der Waals surface area (Å²) in [6.07, 6.45) is 0. The number of nitrogens with zero attached hydrogens (tertiary/aromatic N) is 1. The van der Waals surface area contributed by atoms with Crippen molar-refractivity contribution in [1.29, 1.82) is 0 Å². The molecule has 16 heavy (non-hydrogen) atoms. The second kappa shape index (κ2) is 5.01. The normalized spacial score (nSPS) is 12.6. The van der Waals surface area contributed by atoms with Crippen molar-refractivity contribution in [2.45, 2.75) is 20.8 Å². The van der Waals surface area contributed by atoms with Gasteiger partial charge >= 0.3 is 0 Å². The van der Waals surface area contributed by atoms with Crippen molar-refractivity contribution in [2.75, 3.05) is 11.9 Å². The minimum atomic E-state index is -0.00111. The molecule has 1 aromatic carbocycles. The molecule has 1 amide bonds. The first-order valence-corrected chi connectivity index (χ1v) is 5.50. The highest BCUT2D eigenvalue weighted by Gasteiger charge is 2.21. The molecule has 0 fully saturated rings. The van der Waals surface area contributed by atoms with Crippen molar-refractivity contribution < 1.29 is 9.90 Å². The summed E-state index contributed by atoms with van der Waals surface area (Å²) < 4.78 is 0. The summed E-state index contributed by atoms with van der Waals surface area (Å²) in [5.74, 6) is 0.632. The van der Waals surface area contributed by atoms with Gasteiger partial charge in [-0.25, -0.2) is 0 Å². The molecule has 0 saturated carbocycles. The van der Waals surface area contributed by atoms with Crippen molar-refractivity contribution >= 4 is 11.6 Å². The summed E-state index contributed by atoms with van der Waals surface area (Å²) in [6.45, 7) is 6.00. The van der Waals surface area contributed by atoms with E-state index in [1.165, 1.54) is 0 Å². The average Bonchev–Trinajstić information content (AvgIpc) is 2.27. The first-order chi connectivity index (χ1) is 7.43. The summed E-state index contributed by atoms with van der Waals surface area (Å²) in [5, 5.41) is 9.17. The van der Waals surface area contributed by atoms with Crippen molar-refractivity contribution in [3.63, 3.8) is 0 Å². The lowest BCUT2D eigenvalue weighted by molar-refractivity contribution is -0.122. The molecule has 1 N–H and O–H groups in total. The van der Waals surface area contributed by atoms with E-state index in [0.29, 0.717) is 5.92 Å². The van der Waals surface area contributed by atoms with Gasteiger partial charge in [-0.3, -0.25) is 4.79 Å². The number of carbonyl (C=O) groups is 1. The Morgan fingerprint density at radius 1 is 1.19 bits per heavy atom. The number of phenols is 1. The zero-order valence-electron chi connectivity index (χ0n) is 10.3. The number of aromatic hydroxyl groups is 1. The highest BCUT2D eigenvalue weighted by atomic mass is 16.3. The van der Waals surface area contributed by atoms with E-state index in [0.717, 1.165) is 5.69 Å². The number of hydrogen-bond donors (Lipinski definition) is 1. The van der Waals surface area contributed by atoms with Gasteiger partial charge in [0.05, 0.1) is 0 Å². The van der Waals surface area contributed by atoms with E-state index >= 15 is 0 Å². The van der Waals surface area contributed by atoms with E-state index in [1.807, 2.05) is 20.8 Å². The largest absolute Gasteiger partial charge is 0.508 e. The number of rotatable bonds is 3. The SMILES string of the molecule is CC(C)C(C)C(=O)N(C)c1ccc(O)cc1. The van der Waals surface area contributed by atoms with Crippen molar-refractivity contribution in [3.05, 3.63) is 24.3 Å². The molecule has 1 unspecified atom stereocenters. The zero-order chi connectivity index (χ0) is 12.3. The van der Waals surface area contributed by atoms with Crippen LogP contribution in [-0.2, 0) is 4.79 Å². The maximum absolute atomic E-state index is 12.0. The molecular formula is C13H19NO2. The van der Waals surface area contributed by atoms with E-state index < -0.39 is 0 Å². The van der Waals surface area contributed by atoms with Gasteiger partial charge in [-0.05, 0) is 30.2 Å². The van der Waals surface area contributed by atoms with Gasteiger partial charge in [-0.1, -0.05) is 20.8 Å². The second-order valence-electron chi connectivity index (χ2n) is 4.45. The van der Waals surface area contributed by atoms with Crippen LogP contribution >= 0.6 is 0 Å². The summed E-state index contributed by atoms with van der Waals surface area (Å²) in [4.78, 5) is 13.7. The van der Waals surface area contributed by atoms with Crippen LogP contribution in [0.5, 0.6) is 5.75 Å². The molecule has 0 aromatic heterocycles. The first-order valence-electron chi connectivity index (χ1n) is 5.50. The van der Waals surface area contributed by atoms with E-state index in [2.05, 4.69) is 0 Å². The molecule has 1 rings (SSSR count). The maximum Gasteiger partial charge on any atom is 0.229 e. The van der Waals surface area contributed by atoms with E-state index in [-0.39, 0.29) is 17.6 Å². The Morgan fingerprint density at radius 2 is 1.69 bits per heavy atom. The predicted molar refractivity (Wildman–Crippen MR) is 65.5 cm³/mol. The Morgan fingerprint density at radius 3 is 2.12 bits per heavy atom. The third-order valence-corrected chi connectivity index (χ3v) is 2.96. The molecule has 0 aliphatic rings. The lowest BCUT2D eigenvalue weighted by Crippen LogP contribution is -2.33. The molecule has 0 aliphatic carbocycles. The quantitative estimate of drug-likeness (QED) is 0.852. The molecular weight excluding hydrogens is 202 g/mol. The summed E-state index contributed by atoms with van der Waals surface area (Å²) >= 11 is 0. The van der Waals surface area contributed by atoms with Crippen LogP contribution in [0.2, 0.25) is 0 Å². The number of benzene rings is 1. The van der Waals surface area contributed by atoms with Crippen LogP contribution in [-0.4, -0.2) is 18.1 Å². The lowest BCUT2D eigenvalue weighted by atomic mass is 9.96. The summed E-state index contributed by atoms with van der Waals surface area (Å²) in [7, 11) is 1.76. The number of anilines is 1. The van der Waals surface area contributed by atoms with Gasteiger partial charge in [0, 0.05) is 18.7 Å². The molecule has 88 valence electrons. The number of amides is 1. The monoisotopic (exact) mass is 221 g/mol. The summed E-state index contributed by atoms with van der Waals surface area (Å²) in [5.41, 5.74) is 0.801. The Kier molecular flexibility index (Phi) is 3.93. The fourth-order valence-electron chi connectivity index (χ4n) is 1.39. The third-order valence-electron chi connectivity index (χ3n) is 2.96. The Labute approximate surface area is 96.7 Å². The number of hydrogen-bond acceptors (Lipinski definition) is 2. The van der Waals surface area contributed by atoms with Crippen molar-refractivity contribution in [1.82, 2.24) is 0 Å². The van der Waals surface area contributed by atoms with E-state index in [4.69, 9.17) is 0 Å². The van der Waals surface area contributed by atoms with Gasteiger partial charge in [0.2, 0.25) is 5.91 Å². The minimum Gasteiger partial charge on any atom is -0.508 e. The van der Waals surface area contributed by atoms with Crippen molar-refractivity contribution in [3.8, 4) is 5.75 Å². The molecule has 1 aromatic rings. The van der Waals surface area contributed by atoms with Gasteiger partial charge in [0.25, 0.3) is 0 Å². The van der Waals surface area contributed by atoms with Crippen LogP contribution in [0.3, 0.4) is 0 Å². The van der Waals surface area contributed by atoms with Crippen LogP contribution in [0.15, 0.2) is 24.3 Å². The first kappa shape index (κ1) is 12.6. The Bertz CT molecular complexity index is 357. The fraction of sp³-hybridized carbons (Fsp3) is 0.462. The lowest BCUT2D eigenvalue weighted by Gasteiger charge is -2.23. The van der Waals surface area contributed by atoms with Gasteiger partial charge in [-0.2, -0.15) is 0 Å². The smallest absolute Gasteiger partial charge is 0.229 e. The van der Waals surface area contributed by atoms with Crippen LogP contribution in [0.1, 0.15) is 20.8 Å². The second-order valence-corrected chi connectivity index (χ2v) is 4.45. The average molecular weight is 221 g/mol. The van der Waals surface area contributed by atoms with Gasteiger partial charge in [0.15, 0.2) is 0 Å². The Balaban J connectivity index is 2.82. The molecule has 0 spiro atoms. The molecule has 3 heteroatoms. The molecule has 0 heterocycles. The van der Waals surface area contributed by atoms with Gasteiger partial charge in [-0.15, -0.1) is 0 Å². The highest BCUT2D eigenvalue weighted by Crippen LogP contribution is 2.21. The molecule has 0 radical (unpaired) electrons. The van der Waals surface area contributed by atoms with Crippen molar-refractivity contribution in [2.24, 2.45) is 11.8 Å². The molecule has 1 atom stereocenters. The fourth-order valence-corrected chi connectivity index (χ4v) is 1.39. The maximum atomic E-state index is 12.0. The van der Waals surface area contributed by atoms with Crippen LogP contribution in [0.25, 0.3) is 0 Å². The highest BCUT2D eigenvalue weighted by molar-refractivity contribution is 5.94. The topological polar surface area (TPSA) is 40.5 Å². The third kappa shape index (κ3) is 2.75. The molecule has 0 saturated heterocycles. The van der Waals surface area contributed by atoms with E-state index in [9.17, 15) is 9.90 Å². The minimum absolute atomic E-state index is 0.00111. The number of carbonyl (C=O) groups excluding carboxylic acids is 1. The standard InChI is InChI=1S/C13H19NO2/c1-9(2)10(3)13(16)14(4)11-5-7-12(15)8-6-11/h5-10,15H,1-4H3. The Hall–Kier alpha value is -1.51. The van der Waals surface area contributed by atoms with E-state index in [1.54, 1.807) is 36.2 Å². The molecule has 0 bridgehead atoms. The van der Waals surface area contributed by atoms with Gasteiger partial charge < -0.3 is 10.0 Å². The molecule has 3 nitrogen and oxygen atoms in total. The van der Waals surface area contributed by atoms with Crippen LogP contribution in [0.4, 0.5) is 5.69 Å². The molecule has 0 aliphatic heterocycles. The zero-order valence-corrected chi connectivity index (χ0v) is 10.3. The predicted octanol–water partition coefficient (Wildman–Crippen LogP) is 2.65. The van der Waals surface area contributed by atoms with Crippen LogP contribution < -0.4 is 4.90 Å². The van der Waals surface area contributed by atoms with Crippen LogP contribution in [0, 0.1) is 11.8 Å². The number of phenolic OH excluding ortho intramolecular Hbond substituents is 1. The summed E-state index contributed by atoms with van der Waals surface area (Å²) in [6, 6.07) is 6.64.